The van der Waals surface area contributed by atoms with Crippen molar-refractivity contribution in [1.29, 1.82) is 0 Å². The minimum Gasteiger partial charge on any atom is -0.351 e. The minimum absolute atomic E-state index is 0.178. The molecule has 34 heavy (non-hydrogen) atoms. The number of anilines is 4. The van der Waals surface area contributed by atoms with Crippen molar-refractivity contribution >= 4 is 32.9 Å². The number of aromatic nitrogens is 1. The first-order chi connectivity index (χ1) is 16.2. The molecular formula is C25H27FN4O3S. The van der Waals surface area contributed by atoms with E-state index in [1.165, 1.54) is 6.07 Å². The van der Waals surface area contributed by atoms with Gasteiger partial charge in [-0.05, 0) is 49.9 Å². The molecule has 9 heteroatoms. The topological polar surface area (TPSA) is 83.4 Å². The van der Waals surface area contributed by atoms with Crippen molar-refractivity contribution in [1.82, 2.24) is 4.57 Å². The molecule has 5 rings (SSSR count). The third kappa shape index (κ3) is 4.16. The number of hydrogen-bond acceptors (Lipinski definition) is 5. The summed E-state index contributed by atoms with van der Waals surface area (Å²) < 4.78 is 45.1. The molecule has 0 atom stereocenters. The van der Waals surface area contributed by atoms with E-state index in [2.05, 4.69) is 10.0 Å². The maximum Gasteiger partial charge on any atom is 0.257 e. The summed E-state index contributed by atoms with van der Waals surface area (Å²) in [5.41, 5.74) is 2.66. The lowest BCUT2D eigenvalue weighted by Gasteiger charge is -2.25. The van der Waals surface area contributed by atoms with Crippen LogP contribution < -0.4 is 20.5 Å². The summed E-state index contributed by atoms with van der Waals surface area (Å²) in [6.07, 6.45) is 1.21. The van der Waals surface area contributed by atoms with Gasteiger partial charge < -0.3 is 10.2 Å². The number of aryl methyl sites for hydroxylation is 1. The number of pyridine rings is 1. The van der Waals surface area contributed by atoms with Gasteiger partial charge >= 0.3 is 0 Å². The van der Waals surface area contributed by atoms with Crippen molar-refractivity contribution in [3.05, 3.63) is 81.4 Å². The summed E-state index contributed by atoms with van der Waals surface area (Å²) in [4.78, 5) is 15.3. The van der Waals surface area contributed by atoms with Gasteiger partial charge in [0.1, 0.15) is 17.3 Å². The predicted molar refractivity (Wildman–Crippen MR) is 133 cm³/mol. The van der Waals surface area contributed by atoms with E-state index >= 15 is 0 Å². The maximum absolute atomic E-state index is 14.7. The molecule has 2 N–H and O–H groups in total. The van der Waals surface area contributed by atoms with Crippen LogP contribution in [-0.2, 0) is 23.1 Å². The lowest BCUT2D eigenvalue weighted by molar-refractivity contribution is 0.600. The summed E-state index contributed by atoms with van der Waals surface area (Å²) in [6, 6.07) is 14.5. The summed E-state index contributed by atoms with van der Waals surface area (Å²) in [6.45, 7) is 4.94. The van der Waals surface area contributed by atoms with Crippen LogP contribution >= 0.6 is 0 Å². The summed E-state index contributed by atoms with van der Waals surface area (Å²) in [5, 5.41) is 2.58. The predicted octanol–water partition coefficient (Wildman–Crippen LogP) is 4.27. The van der Waals surface area contributed by atoms with Crippen molar-refractivity contribution in [3.8, 4) is 0 Å². The molecular weight excluding hydrogens is 455 g/mol. The molecule has 0 radical (unpaired) electrons. The molecule has 3 aromatic rings. The van der Waals surface area contributed by atoms with Crippen molar-refractivity contribution in [2.24, 2.45) is 0 Å². The van der Waals surface area contributed by atoms with E-state index in [1.54, 1.807) is 30.5 Å². The molecule has 2 aliphatic rings. The van der Waals surface area contributed by atoms with E-state index in [9.17, 15) is 17.6 Å². The molecule has 1 aliphatic carbocycles. The maximum atomic E-state index is 14.7. The number of benzene rings is 2. The van der Waals surface area contributed by atoms with Crippen LogP contribution in [0.3, 0.4) is 0 Å². The van der Waals surface area contributed by atoms with Gasteiger partial charge in [-0.15, -0.1) is 0 Å². The van der Waals surface area contributed by atoms with Crippen LogP contribution in [0.1, 0.15) is 29.5 Å². The first-order valence-corrected chi connectivity index (χ1v) is 12.9. The molecule has 0 saturated heterocycles. The van der Waals surface area contributed by atoms with Crippen LogP contribution in [-0.4, -0.2) is 24.8 Å². The quantitative estimate of drug-likeness (QED) is 0.526. The van der Waals surface area contributed by atoms with E-state index in [1.807, 2.05) is 35.2 Å². The summed E-state index contributed by atoms with van der Waals surface area (Å²) in [5.74, 6) is 0.0239. The highest BCUT2D eigenvalue weighted by atomic mass is 32.2. The number of nitrogens with zero attached hydrogens (tertiary/aromatic N) is 2. The third-order valence-electron chi connectivity index (χ3n) is 6.37. The van der Waals surface area contributed by atoms with Crippen LogP contribution in [0.15, 0.2) is 53.3 Å². The van der Waals surface area contributed by atoms with E-state index in [-0.39, 0.29) is 22.6 Å². The number of halogens is 1. The molecule has 0 amide bonds. The van der Waals surface area contributed by atoms with E-state index in [4.69, 9.17) is 0 Å². The smallest absolute Gasteiger partial charge is 0.257 e. The zero-order valence-electron chi connectivity index (χ0n) is 19.1. The summed E-state index contributed by atoms with van der Waals surface area (Å²) >= 11 is 0. The van der Waals surface area contributed by atoms with Gasteiger partial charge in [0.15, 0.2) is 0 Å². The van der Waals surface area contributed by atoms with Gasteiger partial charge in [-0.3, -0.25) is 14.1 Å². The molecule has 7 nitrogen and oxygen atoms in total. The lowest BCUT2D eigenvalue weighted by Crippen LogP contribution is -2.28. The Bertz CT molecular complexity index is 1420. The Hall–Kier alpha value is -3.33. The Labute approximate surface area is 198 Å². The first kappa shape index (κ1) is 22.5. The fraction of sp³-hybridized carbons (Fsp3) is 0.320. The van der Waals surface area contributed by atoms with Gasteiger partial charge in [0, 0.05) is 25.2 Å². The molecule has 178 valence electrons. The molecule has 0 unspecified atom stereocenters. The zero-order valence-corrected chi connectivity index (χ0v) is 20.0. The van der Waals surface area contributed by atoms with Crippen LogP contribution in [0, 0.1) is 19.7 Å². The second kappa shape index (κ2) is 8.47. The number of nitrogens with one attached hydrogen (secondary N) is 2. The number of fused-ring (bicyclic) bond motifs is 1. The first-order valence-electron chi connectivity index (χ1n) is 11.4. The van der Waals surface area contributed by atoms with Gasteiger partial charge in [0.05, 0.1) is 16.6 Å². The molecule has 2 heterocycles. The highest BCUT2D eigenvalue weighted by Crippen LogP contribution is 2.42. The normalized spacial score (nSPS) is 15.3. The van der Waals surface area contributed by atoms with Crippen molar-refractivity contribution in [2.45, 2.75) is 45.0 Å². The van der Waals surface area contributed by atoms with Crippen LogP contribution in [0.5, 0.6) is 0 Å². The average molecular weight is 483 g/mol. The molecule has 0 spiro atoms. The molecule has 2 aromatic carbocycles. The van der Waals surface area contributed by atoms with Crippen molar-refractivity contribution in [2.75, 3.05) is 21.5 Å². The third-order valence-corrected chi connectivity index (χ3v) is 8.21. The van der Waals surface area contributed by atoms with Crippen molar-refractivity contribution in [3.63, 3.8) is 0 Å². The standard InChI is InChI=1S/C25H27FN4O3S/c1-16-8-11-21(20(26)14-16)27-22-17(2)25(31)30-13-12-29(15-18-6-4-3-5-7-18)24(30)23(22)28-34(32,33)19-9-10-19/h3-8,11,14,19,27-28H,9-10,12-13,15H2,1-2H3. The second-order valence-corrected chi connectivity index (χ2v) is 11.0. The lowest BCUT2D eigenvalue weighted by atomic mass is 10.1. The average Bonchev–Trinajstić information content (AvgIpc) is 3.59. The Morgan fingerprint density at radius 3 is 2.44 bits per heavy atom. The van der Waals surface area contributed by atoms with Crippen LogP contribution in [0.25, 0.3) is 0 Å². The molecule has 1 aromatic heterocycles. The van der Waals surface area contributed by atoms with Crippen LogP contribution in [0.2, 0.25) is 0 Å². The van der Waals surface area contributed by atoms with Crippen LogP contribution in [0.4, 0.5) is 27.3 Å². The Balaban J connectivity index is 1.66. The highest BCUT2D eigenvalue weighted by molar-refractivity contribution is 7.93. The van der Waals surface area contributed by atoms with Crippen molar-refractivity contribution < 1.29 is 12.8 Å². The molecule has 1 fully saturated rings. The van der Waals surface area contributed by atoms with Gasteiger partial charge in [0.2, 0.25) is 10.0 Å². The molecule has 0 bridgehead atoms. The molecule has 1 aliphatic heterocycles. The number of hydrogen-bond donors (Lipinski definition) is 2. The Morgan fingerprint density at radius 1 is 1.03 bits per heavy atom. The summed E-state index contributed by atoms with van der Waals surface area (Å²) in [7, 11) is -3.65. The van der Waals surface area contributed by atoms with Gasteiger partial charge in [-0.1, -0.05) is 36.4 Å². The number of sulfonamides is 1. The van der Waals surface area contributed by atoms with Gasteiger partial charge in [-0.25, -0.2) is 12.8 Å². The van der Waals surface area contributed by atoms with Gasteiger partial charge in [0.25, 0.3) is 5.56 Å². The SMILES string of the molecule is Cc1ccc(Nc2c(NS(=O)(=O)C3CC3)c3n(c(=O)c2C)CCN3Cc2ccccc2)c(F)c1. The highest BCUT2D eigenvalue weighted by Gasteiger charge is 2.38. The van der Waals surface area contributed by atoms with E-state index < -0.39 is 21.1 Å². The zero-order chi connectivity index (χ0) is 24.0. The number of rotatable bonds is 7. The fourth-order valence-electron chi connectivity index (χ4n) is 4.37. The van der Waals surface area contributed by atoms with E-state index in [0.29, 0.717) is 43.9 Å². The Morgan fingerprint density at radius 2 is 1.76 bits per heavy atom. The second-order valence-electron chi connectivity index (χ2n) is 9.02. The van der Waals surface area contributed by atoms with E-state index in [0.717, 1.165) is 11.1 Å². The largest absolute Gasteiger partial charge is 0.351 e. The molecule has 1 saturated carbocycles. The minimum atomic E-state index is -3.65. The monoisotopic (exact) mass is 482 g/mol. The fourth-order valence-corrected chi connectivity index (χ4v) is 5.77. The van der Waals surface area contributed by atoms with Gasteiger partial charge in [-0.2, -0.15) is 0 Å². The Kier molecular flexibility index (Phi) is 5.59.